The molecule has 0 fully saturated rings. The number of phenolic OH excluding ortho intramolecular Hbond substituents is 1. The third-order valence-corrected chi connectivity index (χ3v) is 4.06. The van der Waals surface area contributed by atoms with Gasteiger partial charge < -0.3 is 9.84 Å². The molecule has 0 aliphatic heterocycles. The molecular formula is C13H11ClO3S. The van der Waals surface area contributed by atoms with Gasteiger partial charge in [-0.15, -0.1) is 0 Å². The first-order chi connectivity index (χ1) is 8.61. The average molecular weight is 283 g/mol. The predicted molar refractivity (Wildman–Crippen MR) is 70.8 cm³/mol. The van der Waals surface area contributed by atoms with Crippen molar-refractivity contribution >= 4 is 22.4 Å². The molecule has 2 rings (SSSR count). The molecule has 1 unspecified atom stereocenters. The van der Waals surface area contributed by atoms with Crippen molar-refractivity contribution in [3.8, 4) is 11.5 Å². The second-order valence-electron chi connectivity index (χ2n) is 3.56. The molecule has 0 spiro atoms. The van der Waals surface area contributed by atoms with E-state index in [1.807, 2.05) is 0 Å². The van der Waals surface area contributed by atoms with Crippen molar-refractivity contribution < 1.29 is 14.1 Å². The summed E-state index contributed by atoms with van der Waals surface area (Å²) in [4.78, 5) is 1.14. The highest BCUT2D eigenvalue weighted by atomic mass is 35.5. The summed E-state index contributed by atoms with van der Waals surface area (Å²) in [6.07, 6.45) is 0. The summed E-state index contributed by atoms with van der Waals surface area (Å²) < 4.78 is 17.5. The van der Waals surface area contributed by atoms with E-state index < -0.39 is 10.8 Å². The largest absolute Gasteiger partial charge is 0.508 e. The van der Waals surface area contributed by atoms with E-state index >= 15 is 0 Å². The summed E-state index contributed by atoms with van der Waals surface area (Å²) >= 11 is 5.78. The topological polar surface area (TPSA) is 46.5 Å². The zero-order valence-corrected chi connectivity index (χ0v) is 11.2. The number of ether oxygens (including phenoxy) is 1. The van der Waals surface area contributed by atoms with Gasteiger partial charge in [-0.05, 0) is 36.4 Å². The van der Waals surface area contributed by atoms with Crippen molar-refractivity contribution in [3.63, 3.8) is 0 Å². The maximum atomic E-state index is 12.4. The smallest absolute Gasteiger partial charge is 0.139 e. The quantitative estimate of drug-likeness (QED) is 0.940. The molecule has 1 N–H and O–H groups in total. The number of hydrogen-bond acceptors (Lipinski definition) is 3. The number of aromatic hydroxyl groups is 1. The van der Waals surface area contributed by atoms with Crippen molar-refractivity contribution in [2.45, 2.75) is 9.79 Å². The molecule has 0 aromatic heterocycles. The van der Waals surface area contributed by atoms with E-state index in [1.165, 1.54) is 19.2 Å². The lowest BCUT2D eigenvalue weighted by molar-refractivity contribution is 0.397. The standard InChI is InChI=1S/C13H11ClO3S/c1-17-12-8-10(15)4-7-13(12)18(16)11-5-2-9(14)3-6-11/h2-8,15H,1H3. The van der Waals surface area contributed by atoms with Crippen molar-refractivity contribution in [1.82, 2.24) is 0 Å². The van der Waals surface area contributed by atoms with Crippen LogP contribution in [0.5, 0.6) is 11.5 Å². The van der Waals surface area contributed by atoms with Crippen molar-refractivity contribution in [2.24, 2.45) is 0 Å². The molecule has 0 heterocycles. The van der Waals surface area contributed by atoms with Crippen LogP contribution in [0.3, 0.4) is 0 Å². The maximum Gasteiger partial charge on any atom is 0.139 e. The lowest BCUT2D eigenvalue weighted by atomic mass is 10.3. The zero-order valence-electron chi connectivity index (χ0n) is 9.59. The molecule has 3 nitrogen and oxygen atoms in total. The SMILES string of the molecule is COc1cc(O)ccc1S(=O)c1ccc(Cl)cc1. The van der Waals surface area contributed by atoms with E-state index in [4.69, 9.17) is 16.3 Å². The number of rotatable bonds is 3. The molecule has 0 saturated heterocycles. The van der Waals surface area contributed by atoms with E-state index in [0.717, 1.165) is 0 Å². The minimum absolute atomic E-state index is 0.0729. The summed E-state index contributed by atoms with van der Waals surface area (Å²) in [5.74, 6) is 0.465. The van der Waals surface area contributed by atoms with Crippen LogP contribution >= 0.6 is 11.6 Å². The van der Waals surface area contributed by atoms with E-state index in [9.17, 15) is 9.32 Å². The molecule has 0 aliphatic rings. The van der Waals surface area contributed by atoms with Crippen molar-refractivity contribution in [1.29, 1.82) is 0 Å². The van der Waals surface area contributed by atoms with Crippen LogP contribution in [0.4, 0.5) is 0 Å². The predicted octanol–water partition coefficient (Wildman–Crippen LogP) is 3.22. The molecule has 0 aliphatic carbocycles. The second-order valence-corrected chi connectivity index (χ2v) is 5.44. The maximum absolute atomic E-state index is 12.4. The fourth-order valence-electron chi connectivity index (χ4n) is 1.49. The highest BCUT2D eigenvalue weighted by Gasteiger charge is 2.13. The third kappa shape index (κ3) is 2.66. The summed E-state index contributed by atoms with van der Waals surface area (Å²) in [6.45, 7) is 0. The highest BCUT2D eigenvalue weighted by Crippen LogP contribution is 2.29. The Balaban J connectivity index is 2.42. The molecule has 18 heavy (non-hydrogen) atoms. The van der Waals surface area contributed by atoms with Crippen LogP contribution in [-0.2, 0) is 10.8 Å². The monoisotopic (exact) mass is 282 g/mol. The molecule has 2 aromatic rings. The summed E-state index contributed by atoms with van der Waals surface area (Å²) in [7, 11) is 0.100. The summed E-state index contributed by atoms with van der Waals surface area (Å²) in [5, 5.41) is 9.95. The van der Waals surface area contributed by atoms with Gasteiger partial charge in [0, 0.05) is 16.0 Å². The highest BCUT2D eigenvalue weighted by molar-refractivity contribution is 7.85. The van der Waals surface area contributed by atoms with Crippen LogP contribution in [0.25, 0.3) is 0 Å². The fraction of sp³-hybridized carbons (Fsp3) is 0.0769. The van der Waals surface area contributed by atoms with Gasteiger partial charge in [0.2, 0.25) is 0 Å². The number of phenols is 1. The first-order valence-corrected chi connectivity index (χ1v) is 6.69. The third-order valence-electron chi connectivity index (χ3n) is 2.37. The number of hydrogen-bond donors (Lipinski definition) is 1. The molecule has 1 atom stereocenters. The number of benzene rings is 2. The number of methoxy groups -OCH3 is 1. The van der Waals surface area contributed by atoms with Crippen LogP contribution in [0.1, 0.15) is 0 Å². The minimum Gasteiger partial charge on any atom is -0.508 e. The first kappa shape index (κ1) is 12.9. The Hall–Kier alpha value is -1.52. The Morgan fingerprint density at radius 3 is 2.44 bits per heavy atom. The lowest BCUT2D eigenvalue weighted by Gasteiger charge is -2.08. The molecule has 0 radical (unpaired) electrons. The molecule has 94 valence electrons. The van der Waals surface area contributed by atoms with E-state index in [0.29, 0.717) is 20.6 Å². The van der Waals surface area contributed by atoms with E-state index in [1.54, 1.807) is 30.3 Å². The molecule has 2 aromatic carbocycles. The van der Waals surface area contributed by atoms with Crippen molar-refractivity contribution in [3.05, 3.63) is 47.5 Å². The van der Waals surface area contributed by atoms with Gasteiger partial charge in [-0.1, -0.05) is 11.6 Å². The Morgan fingerprint density at radius 2 is 1.83 bits per heavy atom. The van der Waals surface area contributed by atoms with Gasteiger partial charge >= 0.3 is 0 Å². The normalized spacial score (nSPS) is 12.1. The Labute approximate surface area is 112 Å². The van der Waals surface area contributed by atoms with Gasteiger partial charge in [-0.2, -0.15) is 0 Å². The Morgan fingerprint density at radius 1 is 1.17 bits per heavy atom. The van der Waals surface area contributed by atoms with Gasteiger partial charge in [0.1, 0.15) is 11.5 Å². The summed E-state index contributed by atoms with van der Waals surface area (Å²) in [5.41, 5.74) is 0. The second kappa shape index (κ2) is 5.42. The molecule has 5 heteroatoms. The number of halogens is 1. The van der Waals surface area contributed by atoms with Crippen LogP contribution in [0.2, 0.25) is 5.02 Å². The zero-order chi connectivity index (χ0) is 13.1. The Kier molecular flexibility index (Phi) is 3.89. The minimum atomic E-state index is -1.37. The Bertz CT molecular complexity index is 581. The molecular weight excluding hydrogens is 272 g/mol. The van der Waals surface area contributed by atoms with Gasteiger partial charge in [0.15, 0.2) is 0 Å². The molecule has 0 bridgehead atoms. The van der Waals surface area contributed by atoms with Crippen LogP contribution < -0.4 is 4.74 Å². The average Bonchev–Trinajstić information content (AvgIpc) is 2.38. The summed E-state index contributed by atoms with van der Waals surface area (Å²) in [6, 6.07) is 11.3. The van der Waals surface area contributed by atoms with Gasteiger partial charge in [0.05, 0.1) is 22.8 Å². The van der Waals surface area contributed by atoms with Crippen LogP contribution in [0.15, 0.2) is 52.3 Å². The van der Waals surface area contributed by atoms with Crippen LogP contribution in [-0.4, -0.2) is 16.4 Å². The van der Waals surface area contributed by atoms with Gasteiger partial charge in [-0.3, -0.25) is 0 Å². The van der Waals surface area contributed by atoms with Gasteiger partial charge in [-0.25, -0.2) is 4.21 Å². The van der Waals surface area contributed by atoms with Crippen LogP contribution in [0, 0.1) is 0 Å². The van der Waals surface area contributed by atoms with Gasteiger partial charge in [0.25, 0.3) is 0 Å². The molecule has 0 amide bonds. The van der Waals surface area contributed by atoms with Crippen molar-refractivity contribution in [2.75, 3.05) is 7.11 Å². The first-order valence-electron chi connectivity index (χ1n) is 5.16. The van der Waals surface area contributed by atoms with E-state index in [-0.39, 0.29) is 5.75 Å². The van der Waals surface area contributed by atoms with E-state index in [2.05, 4.69) is 0 Å². The molecule has 0 saturated carbocycles. The fourth-order valence-corrected chi connectivity index (χ4v) is 2.77. The lowest BCUT2D eigenvalue weighted by Crippen LogP contribution is -1.96.